The van der Waals surface area contributed by atoms with Crippen LogP contribution in [-0.4, -0.2) is 42.1 Å². The Morgan fingerprint density at radius 1 is 1.12 bits per heavy atom. The number of hydrogen-bond donors (Lipinski definition) is 2. The maximum Gasteiger partial charge on any atom is 0.229 e. The van der Waals surface area contributed by atoms with Crippen molar-refractivity contribution < 1.29 is 0 Å². The average Bonchev–Trinajstić information content (AvgIpc) is 2.52. The summed E-state index contributed by atoms with van der Waals surface area (Å²) in [5.41, 5.74) is 4.55. The zero-order valence-electron chi connectivity index (χ0n) is 16.3. The van der Waals surface area contributed by atoms with Gasteiger partial charge in [0.15, 0.2) is 0 Å². The number of rotatable bonds is 8. The highest BCUT2D eigenvalue weighted by molar-refractivity contribution is 5.64. The fraction of sp³-hybridized carbons (Fsp3) is 0.500. The van der Waals surface area contributed by atoms with E-state index in [0.29, 0.717) is 11.9 Å². The maximum absolute atomic E-state index is 4.64. The molecule has 1 heterocycles. The lowest BCUT2D eigenvalue weighted by atomic mass is 9.98. The Hall–Kier alpha value is -2.14. The van der Waals surface area contributed by atoms with Crippen LogP contribution < -0.4 is 10.6 Å². The van der Waals surface area contributed by atoms with Crippen molar-refractivity contribution in [3.05, 3.63) is 41.1 Å². The van der Waals surface area contributed by atoms with Gasteiger partial charge in [-0.1, -0.05) is 32.0 Å². The first kappa shape index (κ1) is 19.2. The highest BCUT2D eigenvalue weighted by atomic mass is 15.1. The Bertz CT molecular complexity index is 694. The van der Waals surface area contributed by atoms with Crippen LogP contribution in [0.15, 0.2) is 24.3 Å². The van der Waals surface area contributed by atoms with Crippen molar-refractivity contribution in [1.29, 1.82) is 0 Å². The van der Waals surface area contributed by atoms with E-state index in [1.54, 1.807) is 0 Å². The lowest BCUT2D eigenvalue weighted by Gasteiger charge is -2.17. The predicted octanol–water partition coefficient (Wildman–Crippen LogP) is 4.32. The molecule has 1 aromatic heterocycles. The Balaban J connectivity index is 2.15. The molecule has 0 radical (unpaired) electrons. The highest BCUT2D eigenvalue weighted by Gasteiger charge is 2.11. The second kappa shape index (κ2) is 8.81. The molecule has 2 aromatic rings. The summed E-state index contributed by atoms with van der Waals surface area (Å²) < 4.78 is 0. The second-order valence-corrected chi connectivity index (χ2v) is 7.12. The van der Waals surface area contributed by atoms with Crippen LogP contribution in [0, 0.1) is 13.8 Å². The van der Waals surface area contributed by atoms with Gasteiger partial charge in [0, 0.05) is 24.0 Å². The van der Waals surface area contributed by atoms with Crippen molar-refractivity contribution in [3.63, 3.8) is 0 Å². The van der Waals surface area contributed by atoms with E-state index in [9.17, 15) is 0 Å². The van der Waals surface area contributed by atoms with Crippen molar-refractivity contribution in [2.75, 3.05) is 37.8 Å². The van der Waals surface area contributed by atoms with Gasteiger partial charge in [-0.25, -0.2) is 4.98 Å². The van der Waals surface area contributed by atoms with Crippen LogP contribution in [0.4, 0.5) is 17.5 Å². The number of nitrogens with zero attached hydrogens (tertiary/aromatic N) is 3. The molecule has 0 aliphatic heterocycles. The molecule has 136 valence electrons. The van der Waals surface area contributed by atoms with Crippen LogP contribution in [0.3, 0.4) is 0 Å². The van der Waals surface area contributed by atoms with E-state index in [0.717, 1.165) is 36.7 Å². The molecular weight excluding hydrogens is 310 g/mol. The first-order chi connectivity index (χ1) is 11.9. The van der Waals surface area contributed by atoms with Gasteiger partial charge in [0.05, 0.1) is 0 Å². The van der Waals surface area contributed by atoms with E-state index in [1.807, 2.05) is 13.0 Å². The zero-order chi connectivity index (χ0) is 18.4. The molecule has 0 bridgehead atoms. The first-order valence-electron chi connectivity index (χ1n) is 8.97. The fourth-order valence-corrected chi connectivity index (χ4v) is 2.78. The molecule has 1 aromatic carbocycles. The van der Waals surface area contributed by atoms with E-state index < -0.39 is 0 Å². The predicted molar refractivity (Wildman–Crippen MR) is 107 cm³/mol. The van der Waals surface area contributed by atoms with Crippen molar-refractivity contribution in [2.24, 2.45) is 0 Å². The summed E-state index contributed by atoms with van der Waals surface area (Å²) in [6.07, 6.45) is 1.08. The van der Waals surface area contributed by atoms with Crippen molar-refractivity contribution in [1.82, 2.24) is 14.9 Å². The monoisotopic (exact) mass is 341 g/mol. The molecule has 0 fully saturated rings. The van der Waals surface area contributed by atoms with Gasteiger partial charge in [-0.3, -0.25) is 0 Å². The minimum Gasteiger partial charge on any atom is -0.370 e. The molecular formula is C20H31N5. The molecule has 5 heteroatoms. The van der Waals surface area contributed by atoms with E-state index >= 15 is 0 Å². The van der Waals surface area contributed by atoms with Crippen molar-refractivity contribution in [2.45, 2.75) is 40.0 Å². The van der Waals surface area contributed by atoms with Crippen LogP contribution in [0.5, 0.6) is 0 Å². The minimum atomic E-state index is 0.441. The second-order valence-electron chi connectivity index (χ2n) is 7.12. The first-order valence-corrected chi connectivity index (χ1v) is 8.97. The van der Waals surface area contributed by atoms with E-state index in [1.165, 1.54) is 11.1 Å². The van der Waals surface area contributed by atoms with Gasteiger partial charge in [0.2, 0.25) is 5.95 Å². The van der Waals surface area contributed by atoms with Gasteiger partial charge in [0.1, 0.15) is 5.82 Å². The summed E-state index contributed by atoms with van der Waals surface area (Å²) in [6.45, 7) is 10.5. The zero-order valence-corrected chi connectivity index (χ0v) is 16.3. The topological polar surface area (TPSA) is 53.1 Å². The molecule has 25 heavy (non-hydrogen) atoms. The van der Waals surface area contributed by atoms with Crippen molar-refractivity contribution in [3.8, 4) is 0 Å². The van der Waals surface area contributed by atoms with Gasteiger partial charge in [-0.15, -0.1) is 0 Å². The Morgan fingerprint density at radius 3 is 2.56 bits per heavy atom. The van der Waals surface area contributed by atoms with Crippen molar-refractivity contribution >= 4 is 17.5 Å². The number of benzene rings is 1. The number of aromatic nitrogens is 2. The van der Waals surface area contributed by atoms with Crippen LogP contribution in [-0.2, 0) is 0 Å². The highest BCUT2D eigenvalue weighted by Crippen LogP contribution is 2.29. The molecule has 2 rings (SSSR count). The lowest BCUT2D eigenvalue weighted by molar-refractivity contribution is 0.405. The largest absolute Gasteiger partial charge is 0.370 e. The summed E-state index contributed by atoms with van der Waals surface area (Å²) in [7, 11) is 4.18. The van der Waals surface area contributed by atoms with Gasteiger partial charge < -0.3 is 15.5 Å². The fourth-order valence-electron chi connectivity index (χ4n) is 2.78. The van der Waals surface area contributed by atoms with Gasteiger partial charge in [0.25, 0.3) is 0 Å². The third-order valence-corrected chi connectivity index (χ3v) is 4.11. The lowest BCUT2D eigenvalue weighted by Crippen LogP contribution is -2.17. The Labute approximate surface area is 151 Å². The third-order valence-electron chi connectivity index (χ3n) is 4.11. The molecule has 0 unspecified atom stereocenters. The maximum atomic E-state index is 4.64. The Kier molecular flexibility index (Phi) is 6.76. The number of para-hydroxylation sites is 1. The summed E-state index contributed by atoms with van der Waals surface area (Å²) in [5, 5.41) is 6.84. The molecule has 0 aliphatic carbocycles. The molecule has 0 saturated carbocycles. The van der Waals surface area contributed by atoms with E-state index in [4.69, 9.17) is 0 Å². The summed E-state index contributed by atoms with van der Waals surface area (Å²) in [6, 6.07) is 8.37. The Morgan fingerprint density at radius 2 is 1.88 bits per heavy atom. The molecule has 0 saturated heterocycles. The normalized spacial score (nSPS) is 11.2. The van der Waals surface area contributed by atoms with Crippen LogP contribution in [0.1, 0.15) is 43.0 Å². The molecule has 5 nitrogen and oxygen atoms in total. The van der Waals surface area contributed by atoms with Gasteiger partial charge in [-0.2, -0.15) is 4.98 Å². The smallest absolute Gasteiger partial charge is 0.229 e. The average molecular weight is 342 g/mol. The number of nitrogens with one attached hydrogen (secondary N) is 2. The molecule has 0 aliphatic rings. The van der Waals surface area contributed by atoms with Gasteiger partial charge in [-0.05, 0) is 58.0 Å². The molecule has 2 N–H and O–H groups in total. The van der Waals surface area contributed by atoms with Crippen LogP contribution in [0.2, 0.25) is 0 Å². The molecule has 0 spiro atoms. The number of aryl methyl sites for hydroxylation is 2. The van der Waals surface area contributed by atoms with Crippen LogP contribution >= 0.6 is 0 Å². The van der Waals surface area contributed by atoms with Crippen LogP contribution in [0.25, 0.3) is 0 Å². The SMILES string of the molecule is Cc1cc(NCCCN(C)C)nc(Nc2c(C)cccc2C(C)C)n1. The summed E-state index contributed by atoms with van der Waals surface area (Å²) in [5.74, 6) is 1.95. The summed E-state index contributed by atoms with van der Waals surface area (Å²) in [4.78, 5) is 11.4. The quantitative estimate of drug-likeness (QED) is 0.700. The number of anilines is 3. The van der Waals surface area contributed by atoms with E-state index in [2.05, 4.69) is 78.6 Å². The minimum absolute atomic E-state index is 0.441. The standard InChI is InChI=1S/C20H31N5/c1-14(2)17-10-7-9-15(3)19(17)24-20-22-16(4)13-18(23-20)21-11-8-12-25(5)6/h7,9-10,13-14H,8,11-12H2,1-6H3,(H2,21,22,23,24). The van der Waals surface area contributed by atoms with Gasteiger partial charge >= 0.3 is 0 Å². The number of hydrogen-bond acceptors (Lipinski definition) is 5. The summed E-state index contributed by atoms with van der Waals surface area (Å²) >= 11 is 0. The molecule has 0 atom stereocenters. The third kappa shape index (κ3) is 5.71. The molecule has 0 amide bonds. The van der Waals surface area contributed by atoms with E-state index in [-0.39, 0.29) is 0 Å².